The van der Waals surface area contributed by atoms with Crippen LogP contribution in [0.4, 0.5) is 11.4 Å². The Kier molecular flexibility index (Phi) is 10.4. The number of nitrogens with one attached hydrogen (secondary N) is 1. The van der Waals surface area contributed by atoms with Crippen molar-refractivity contribution in [3.63, 3.8) is 0 Å². The summed E-state index contributed by atoms with van der Waals surface area (Å²) >= 11 is 1.66. The van der Waals surface area contributed by atoms with Crippen molar-refractivity contribution in [1.29, 1.82) is 0 Å². The highest BCUT2D eigenvalue weighted by Crippen LogP contribution is 2.28. The van der Waals surface area contributed by atoms with Gasteiger partial charge in [-0.1, -0.05) is 68.4 Å². The van der Waals surface area contributed by atoms with Gasteiger partial charge >= 0.3 is 5.97 Å². The van der Waals surface area contributed by atoms with Crippen LogP contribution in [0, 0.1) is 0 Å². The molecule has 0 radical (unpaired) electrons. The maximum atomic E-state index is 11.1. The molecule has 0 amide bonds. The minimum absolute atomic E-state index is 0.0140. The zero-order chi connectivity index (χ0) is 28.5. The standard InChI is InChI=1S/C34H41N3O2S/c1-5-26(6-2)27-15-17-30(18-16-27)37(24(3)4)22-25-11-13-28(14-12-25)32-23-40-33(36-32)19-20-35-31-10-8-7-9-29(31)21-34(38)39/h7-18,23-24,26,35H,5-6,19-22H2,1-4H3,(H,38,39). The molecule has 0 saturated heterocycles. The van der Waals surface area contributed by atoms with Crippen LogP contribution < -0.4 is 10.2 Å². The van der Waals surface area contributed by atoms with Crippen molar-refractivity contribution in [2.24, 2.45) is 0 Å². The van der Waals surface area contributed by atoms with Gasteiger partial charge in [-0.2, -0.15) is 0 Å². The SMILES string of the molecule is CCC(CC)c1ccc(N(Cc2ccc(-c3csc(CCNc4ccccc4CC(=O)O)n3)cc2)C(C)C)cc1. The van der Waals surface area contributed by atoms with E-state index in [-0.39, 0.29) is 6.42 Å². The number of benzene rings is 3. The van der Waals surface area contributed by atoms with E-state index in [4.69, 9.17) is 10.1 Å². The third-order valence-corrected chi connectivity index (χ3v) is 8.38. The largest absolute Gasteiger partial charge is 0.481 e. The zero-order valence-corrected chi connectivity index (χ0v) is 24.9. The Morgan fingerprint density at radius 3 is 2.33 bits per heavy atom. The number of anilines is 2. The molecule has 1 aromatic heterocycles. The molecular formula is C34H41N3O2S. The number of aliphatic carboxylic acids is 1. The predicted molar refractivity (Wildman–Crippen MR) is 169 cm³/mol. The number of carboxylic acid groups (broad SMARTS) is 1. The molecule has 3 aromatic carbocycles. The minimum atomic E-state index is -0.826. The monoisotopic (exact) mass is 555 g/mol. The number of thiazole rings is 1. The van der Waals surface area contributed by atoms with E-state index < -0.39 is 5.97 Å². The van der Waals surface area contributed by atoms with E-state index in [2.05, 4.69) is 91.8 Å². The molecule has 0 aliphatic carbocycles. The van der Waals surface area contributed by atoms with E-state index in [0.29, 0.717) is 18.5 Å². The number of hydrogen-bond donors (Lipinski definition) is 2. The maximum absolute atomic E-state index is 11.1. The highest BCUT2D eigenvalue weighted by molar-refractivity contribution is 7.09. The number of nitrogens with zero attached hydrogens (tertiary/aromatic N) is 2. The molecule has 4 aromatic rings. The molecule has 4 rings (SSSR count). The van der Waals surface area contributed by atoms with Crippen molar-refractivity contribution in [3.8, 4) is 11.3 Å². The van der Waals surface area contributed by atoms with Gasteiger partial charge in [-0.25, -0.2) is 4.98 Å². The van der Waals surface area contributed by atoms with Crippen molar-refractivity contribution >= 4 is 28.7 Å². The van der Waals surface area contributed by atoms with Gasteiger partial charge in [0.25, 0.3) is 0 Å². The molecule has 1 heterocycles. The van der Waals surface area contributed by atoms with Gasteiger partial charge in [-0.05, 0) is 67.5 Å². The molecule has 0 spiro atoms. The summed E-state index contributed by atoms with van der Waals surface area (Å²) in [5, 5.41) is 15.7. The van der Waals surface area contributed by atoms with E-state index in [9.17, 15) is 4.79 Å². The molecular weight excluding hydrogens is 514 g/mol. The topological polar surface area (TPSA) is 65.5 Å². The Morgan fingerprint density at radius 2 is 1.68 bits per heavy atom. The van der Waals surface area contributed by atoms with Gasteiger partial charge in [-0.15, -0.1) is 11.3 Å². The lowest BCUT2D eigenvalue weighted by molar-refractivity contribution is -0.136. The Morgan fingerprint density at radius 1 is 0.975 bits per heavy atom. The highest BCUT2D eigenvalue weighted by Gasteiger charge is 2.14. The van der Waals surface area contributed by atoms with Gasteiger partial charge in [0.1, 0.15) is 0 Å². The average molecular weight is 556 g/mol. The number of carboxylic acids is 1. The van der Waals surface area contributed by atoms with Crippen LogP contribution in [0.5, 0.6) is 0 Å². The van der Waals surface area contributed by atoms with Crippen molar-refractivity contribution in [2.75, 3.05) is 16.8 Å². The summed E-state index contributed by atoms with van der Waals surface area (Å²) in [5.74, 6) is -0.190. The van der Waals surface area contributed by atoms with Gasteiger partial charge in [-0.3, -0.25) is 4.79 Å². The zero-order valence-electron chi connectivity index (χ0n) is 24.1. The van der Waals surface area contributed by atoms with Gasteiger partial charge in [0.2, 0.25) is 0 Å². The molecule has 2 N–H and O–H groups in total. The Bertz CT molecular complexity index is 1360. The summed E-state index contributed by atoms with van der Waals surface area (Å²) in [6, 6.07) is 25.9. The second-order valence-corrected chi connectivity index (χ2v) is 11.5. The van der Waals surface area contributed by atoms with E-state index >= 15 is 0 Å². The molecule has 6 heteroatoms. The molecule has 0 saturated carbocycles. The second kappa shape index (κ2) is 14.1. The predicted octanol–water partition coefficient (Wildman–Crippen LogP) is 8.41. The number of para-hydroxylation sites is 1. The first-order chi connectivity index (χ1) is 19.4. The van der Waals surface area contributed by atoms with E-state index in [1.165, 1.54) is 29.7 Å². The van der Waals surface area contributed by atoms with E-state index in [0.717, 1.165) is 40.5 Å². The Labute approximate surface area is 242 Å². The smallest absolute Gasteiger partial charge is 0.307 e. The van der Waals surface area contributed by atoms with Crippen LogP contribution in [0.15, 0.2) is 78.2 Å². The number of carbonyl (C=O) groups is 1. The molecule has 0 aliphatic heterocycles. The first-order valence-electron chi connectivity index (χ1n) is 14.3. The molecule has 0 atom stereocenters. The van der Waals surface area contributed by atoms with E-state index in [1.807, 2.05) is 24.3 Å². The van der Waals surface area contributed by atoms with Crippen LogP contribution in [-0.4, -0.2) is 28.6 Å². The summed E-state index contributed by atoms with van der Waals surface area (Å²) in [6.45, 7) is 10.6. The van der Waals surface area contributed by atoms with Crippen LogP contribution in [0.25, 0.3) is 11.3 Å². The number of rotatable bonds is 14. The highest BCUT2D eigenvalue weighted by atomic mass is 32.1. The van der Waals surface area contributed by atoms with Gasteiger partial charge in [0.05, 0.1) is 17.1 Å². The molecule has 5 nitrogen and oxygen atoms in total. The van der Waals surface area contributed by atoms with Crippen LogP contribution in [-0.2, 0) is 24.2 Å². The van der Waals surface area contributed by atoms with Gasteiger partial charge in [0, 0.05) is 47.9 Å². The van der Waals surface area contributed by atoms with Crippen molar-refractivity contribution < 1.29 is 9.90 Å². The first-order valence-corrected chi connectivity index (χ1v) is 15.2. The normalized spacial score (nSPS) is 11.2. The van der Waals surface area contributed by atoms with Crippen LogP contribution in [0.3, 0.4) is 0 Å². The number of aromatic nitrogens is 1. The molecule has 0 fully saturated rings. The molecule has 0 aliphatic rings. The average Bonchev–Trinajstić information content (AvgIpc) is 3.43. The third-order valence-electron chi connectivity index (χ3n) is 7.47. The number of hydrogen-bond acceptors (Lipinski definition) is 5. The lowest BCUT2D eigenvalue weighted by Crippen LogP contribution is -2.30. The fourth-order valence-electron chi connectivity index (χ4n) is 5.12. The lowest BCUT2D eigenvalue weighted by Gasteiger charge is -2.30. The summed E-state index contributed by atoms with van der Waals surface area (Å²) in [5.41, 5.74) is 7.76. The van der Waals surface area contributed by atoms with Crippen LogP contribution in [0.2, 0.25) is 0 Å². The maximum Gasteiger partial charge on any atom is 0.307 e. The summed E-state index contributed by atoms with van der Waals surface area (Å²) in [6.07, 6.45) is 3.15. The fraction of sp³-hybridized carbons (Fsp3) is 0.353. The van der Waals surface area contributed by atoms with E-state index in [1.54, 1.807) is 11.3 Å². The third kappa shape index (κ3) is 7.72. The van der Waals surface area contributed by atoms with Crippen LogP contribution in [0.1, 0.15) is 68.2 Å². The Balaban J connectivity index is 1.36. The molecule has 0 bridgehead atoms. The molecule has 40 heavy (non-hydrogen) atoms. The van der Waals surface area contributed by atoms with Gasteiger partial charge < -0.3 is 15.3 Å². The van der Waals surface area contributed by atoms with Gasteiger partial charge in [0.15, 0.2) is 0 Å². The van der Waals surface area contributed by atoms with Crippen molar-refractivity contribution in [1.82, 2.24) is 4.98 Å². The summed E-state index contributed by atoms with van der Waals surface area (Å²) in [4.78, 5) is 18.4. The molecule has 210 valence electrons. The van der Waals surface area contributed by atoms with Crippen molar-refractivity contribution in [2.45, 2.75) is 71.9 Å². The first kappa shape index (κ1) is 29.3. The molecule has 0 unspecified atom stereocenters. The van der Waals surface area contributed by atoms with Crippen molar-refractivity contribution in [3.05, 3.63) is 99.9 Å². The quantitative estimate of drug-likeness (QED) is 0.163. The summed E-state index contributed by atoms with van der Waals surface area (Å²) in [7, 11) is 0. The minimum Gasteiger partial charge on any atom is -0.481 e. The Hall–Kier alpha value is -3.64. The second-order valence-electron chi connectivity index (χ2n) is 10.6. The fourth-order valence-corrected chi connectivity index (χ4v) is 5.93. The lowest BCUT2D eigenvalue weighted by atomic mass is 9.94. The summed E-state index contributed by atoms with van der Waals surface area (Å²) < 4.78 is 0. The van der Waals surface area contributed by atoms with Crippen LogP contribution >= 0.6 is 11.3 Å².